The summed E-state index contributed by atoms with van der Waals surface area (Å²) in [6, 6.07) is 2.82. The van der Waals surface area contributed by atoms with Crippen LogP contribution in [0.15, 0.2) is 18.2 Å². The largest absolute Gasteiger partial charge is 0.416 e. The van der Waals surface area contributed by atoms with Gasteiger partial charge in [0.05, 0.1) is 17.4 Å². The molecule has 0 spiro atoms. The Bertz CT molecular complexity index is 849. The molecule has 11 heteroatoms. The van der Waals surface area contributed by atoms with E-state index in [1.807, 2.05) is 0 Å². The average molecular weight is 378 g/mol. The van der Waals surface area contributed by atoms with Gasteiger partial charge >= 0.3 is 6.18 Å². The summed E-state index contributed by atoms with van der Waals surface area (Å²) in [5.74, 6) is 0.0623. The molecule has 0 aliphatic heterocycles. The summed E-state index contributed by atoms with van der Waals surface area (Å²) in [4.78, 5) is 3.97. The van der Waals surface area contributed by atoms with Gasteiger partial charge in [0.15, 0.2) is 5.82 Å². The molecule has 7 nitrogen and oxygen atoms in total. The average Bonchev–Trinajstić information content (AvgIpc) is 2.91. The van der Waals surface area contributed by atoms with Crippen LogP contribution >= 0.6 is 0 Å². The van der Waals surface area contributed by atoms with Crippen LogP contribution in [-0.4, -0.2) is 42.6 Å². The van der Waals surface area contributed by atoms with E-state index in [-0.39, 0.29) is 17.1 Å². The molecule has 138 valence electrons. The van der Waals surface area contributed by atoms with Crippen molar-refractivity contribution in [3.05, 3.63) is 29.6 Å². The number of hydrogen-bond acceptors (Lipinski definition) is 5. The van der Waals surface area contributed by atoms with Crippen LogP contribution in [0.2, 0.25) is 0 Å². The van der Waals surface area contributed by atoms with Gasteiger partial charge in [0.2, 0.25) is 10.0 Å². The van der Waals surface area contributed by atoms with Crippen LogP contribution in [0.3, 0.4) is 0 Å². The van der Waals surface area contributed by atoms with Crippen LogP contribution in [0.25, 0.3) is 11.4 Å². The zero-order valence-electron chi connectivity index (χ0n) is 13.7. The van der Waals surface area contributed by atoms with Crippen molar-refractivity contribution in [2.75, 3.05) is 17.6 Å². The van der Waals surface area contributed by atoms with Crippen molar-refractivity contribution < 1.29 is 26.3 Å². The number of nitrogens with one attached hydrogen (secondary N) is 2. The number of H-pyrrole nitrogens is 1. The Hall–Kier alpha value is -2.14. The summed E-state index contributed by atoms with van der Waals surface area (Å²) in [7, 11) is -2.55. The van der Waals surface area contributed by atoms with Gasteiger partial charge in [-0.1, -0.05) is 0 Å². The minimum Gasteiger partial charge on any atom is -0.381 e. The third kappa shape index (κ3) is 5.16. The van der Waals surface area contributed by atoms with Gasteiger partial charge in [0.25, 0.3) is 0 Å². The Balaban J connectivity index is 2.44. The molecule has 0 saturated carbocycles. The molecule has 1 unspecified atom stereocenters. The molecule has 0 aliphatic rings. The van der Waals surface area contributed by atoms with Crippen molar-refractivity contribution in [2.24, 2.45) is 0 Å². The molecule has 2 rings (SSSR count). The molecule has 1 aromatic carbocycles. The topological polar surface area (TPSA) is 97.0 Å². The molecule has 0 saturated heterocycles. The van der Waals surface area contributed by atoms with Crippen molar-refractivity contribution in [1.29, 1.82) is 0 Å². The number of benzene rings is 1. The molecule has 0 radical (unpaired) electrons. The predicted molar refractivity (Wildman–Crippen MR) is 85.4 cm³/mol. The fourth-order valence-electron chi connectivity index (χ4n) is 2.05. The summed E-state index contributed by atoms with van der Waals surface area (Å²) < 4.78 is 70.5. The van der Waals surface area contributed by atoms with Crippen LogP contribution < -0.4 is 4.72 Å². The third-order valence-electron chi connectivity index (χ3n) is 3.25. The van der Waals surface area contributed by atoms with E-state index in [0.29, 0.717) is 5.82 Å². The van der Waals surface area contributed by atoms with Gasteiger partial charge in [-0.25, -0.2) is 13.4 Å². The van der Waals surface area contributed by atoms with Gasteiger partial charge in [-0.3, -0.25) is 9.82 Å². The van der Waals surface area contributed by atoms with E-state index in [0.717, 1.165) is 12.1 Å². The van der Waals surface area contributed by atoms with Gasteiger partial charge in [-0.15, -0.1) is 0 Å². The number of nitrogens with zero attached hydrogens (tertiary/aromatic N) is 2. The summed E-state index contributed by atoms with van der Waals surface area (Å²) >= 11 is 0. The van der Waals surface area contributed by atoms with E-state index < -0.39 is 33.6 Å². The van der Waals surface area contributed by atoms with Crippen LogP contribution in [-0.2, 0) is 20.9 Å². The number of anilines is 1. The van der Waals surface area contributed by atoms with E-state index in [9.17, 15) is 21.6 Å². The number of aryl methyl sites for hydroxylation is 1. The molecule has 0 bridgehead atoms. The Labute approximate surface area is 142 Å². The van der Waals surface area contributed by atoms with E-state index in [4.69, 9.17) is 4.74 Å². The second-order valence-corrected chi connectivity index (χ2v) is 7.24. The fraction of sp³-hybridized carbons (Fsp3) is 0.429. The van der Waals surface area contributed by atoms with Crippen LogP contribution in [0.1, 0.15) is 18.3 Å². The highest BCUT2D eigenvalue weighted by Crippen LogP contribution is 2.34. The van der Waals surface area contributed by atoms with Crippen LogP contribution in [0.5, 0.6) is 0 Å². The predicted octanol–water partition coefficient (Wildman–Crippen LogP) is 2.58. The second-order valence-electron chi connectivity index (χ2n) is 5.47. The highest BCUT2D eigenvalue weighted by Gasteiger charge is 2.32. The van der Waals surface area contributed by atoms with Crippen LogP contribution in [0.4, 0.5) is 18.9 Å². The summed E-state index contributed by atoms with van der Waals surface area (Å²) in [6.45, 7) is 3.13. The summed E-state index contributed by atoms with van der Waals surface area (Å²) in [6.07, 6.45) is -5.26. The lowest BCUT2D eigenvalue weighted by Crippen LogP contribution is -2.25. The first kappa shape index (κ1) is 19.2. The number of hydrogen-bond donors (Lipinski definition) is 2. The normalized spacial score (nSPS) is 13.7. The van der Waals surface area contributed by atoms with Crippen molar-refractivity contribution in [2.45, 2.75) is 26.1 Å². The van der Waals surface area contributed by atoms with E-state index in [2.05, 4.69) is 19.9 Å². The van der Waals surface area contributed by atoms with Gasteiger partial charge in [0.1, 0.15) is 5.82 Å². The second kappa shape index (κ2) is 7.00. The molecule has 0 fully saturated rings. The highest BCUT2D eigenvalue weighted by atomic mass is 32.2. The lowest BCUT2D eigenvalue weighted by molar-refractivity contribution is -0.137. The summed E-state index contributed by atoms with van der Waals surface area (Å²) in [5, 5.41) is 6.34. The van der Waals surface area contributed by atoms with Crippen molar-refractivity contribution in [1.82, 2.24) is 15.2 Å². The van der Waals surface area contributed by atoms with E-state index in [1.54, 1.807) is 6.92 Å². The molecule has 0 aliphatic carbocycles. The number of aromatic amines is 1. The van der Waals surface area contributed by atoms with Crippen molar-refractivity contribution in [3.8, 4) is 11.4 Å². The molecule has 1 aromatic heterocycles. The number of halogens is 3. The maximum Gasteiger partial charge on any atom is 0.416 e. The van der Waals surface area contributed by atoms with Crippen molar-refractivity contribution >= 4 is 15.7 Å². The first-order valence-electron chi connectivity index (χ1n) is 7.15. The number of rotatable bonds is 6. The lowest BCUT2D eigenvalue weighted by Gasteiger charge is -2.15. The van der Waals surface area contributed by atoms with E-state index in [1.165, 1.54) is 20.1 Å². The van der Waals surface area contributed by atoms with Gasteiger partial charge in [0, 0.05) is 18.4 Å². The first-order valence-corrected chi connectivity index (χ1v) is 8.80. The monoisotopic (exact) mass is 378 g/mol. The maximum atomic E-state index is 13.1. The zero-order chi connectivity index (χ0) is 18.8. The maximum absolute atomic E-state index is 13.1. The third-order valence-corrected chi connectivity index (χ3v) is 4.70. The number of alkyl halides is 3. The minimum atomic E-state index is -4.65. The minimum absolute atomic E-state index is 0.0364. The first-order chi connectivity index (χ1) is 11.5. The molecule has 25 heavy (non-hydrogen) atoms. The Kier molecular flexibility index (Phi) is 5.37. The number of ether oxygens (including phenoxy) is 1. The molecule has 1 atom stereocenters. The van der Waals surface area contributed by atoms with E-state index >= 15 is 0 Å². The van der Waals surface area contributed by atoms with Gasteiger partial charge in [-0.2, -0.15) is 18.3 Å². The Morgan fingerprint density at radius 2 is 2.00 bits per heavy atom. The number of aromatic nitrogens is 3. The number of sulfonamides is 1. The molecule has 1 heterocycles. The fourth-order valence-corrected chi connectivity index (χ4v) is 3.36. The van der Waals surface area contributed by atoms with Gasteiger partial charge < -0.3 is 4.74 Å². The van der Waals surface area contributed by atoms with Gasteiger partial charge in [-0.05, 0) is 32.0 Å². The SMILES string of the molecule is COC(C)CS(=O)(=O)Nc1cc(-c2n[nH]c(C)n2)cc(C(F)(F)F)c1. The standard InChI is InChI=1S/C14H17F3N4O3S/c1-8(24-3)7-25(22,23)21-12-5-10(13-18-9(2)19-20-13)4-11(6-12)14(15,16)17/h4-6,8,21H,7H2,1-3H3,(H,18,19,20). The Morgan fingerprint density at radius 1 is 1.32 bits per heavy atom. The molecule has 2 aromatic rings. The van der Waals surface area contributed by atoms with Crippen molar-refractivity contribution in [3.63, 3.8) is 0 Å². The zero-order valence-corrected chi connectivity index (χ0v) is 14.5. The summed E-state index contributed by atoms with van der Waals surface area (Å²) in [5.41, 5.74) is -1.20. The molecule has 2 N–H and O–H groups in total. The number of methoxy groups -OCH3 is 1. The molecule has 0 amide bonds. The highest BCUT2D eigenvalue weighted by molar-refractivity contribution is 7.92. The molecular weight excluding hydrogens is 361 g/mol. The lowest BCUT2D eigenvalue weighted by atomic mass is 10.1. The quantitative estimate of drug-likeness (QED) is 0.805. The molecular formula is C14H17F3N4O3S. The Morgan fingerprint density at radius 3 is 2.52 bits per heavy atom. The smallest absolute Gasteiger partial charge is 0.381 e. The van der Waals surface area contributed by atoms with Crippen LogP contribution in [0, 0.1) is 6.92 Å².